The molecule has 3 atom stereocenters. The first-order valence-corrected chi connectivity index (χ1v) is 9.28. The van der Waals surface area contributed by atoms with E-state index < -0.39 is 0 Å². The molecular formula is C17H29Cl2N3. The molecule has 0 bridgehead atoms. The summed E-state index contributed by atoms with van der Waals surface area (Å²) in [5.74, 6) is 0.807. The fourth-order valence-electron chi connectivity index (χ4n) is 2.41. The van der Waals surface area contributed by atoms with Gasteiger partial charge in [-0.25, -0.2) is 14.9 Å². The van der Waals surface area contributed by atoms with Gasteiger partial charge in [-0.3, -0.25) is 0 Å². The van der Waals surface area contributed by atoms with Crippen molar-refractivity contribution in [2.75, 3.05) is 6.00 Å². The van der Waals surface area contributed by atoms with Gasteiger partial charge in [0.1, 0.15) is 17.5 Å². The molecule has 1 rings (SSSR count). The fourth-order valence-corrected chi connectivity index (χ4v) is 3.09. The molecule has 2 unspecified atom stereocenters. The Labute approximate surface area is 145 Å². The molecule has 1 fully saturated rings. The average molecular weight is 346 g/mol. The van der Waals surface area contributed by atoms with E-state index >= 15 is 0 Å². The lowest BCUT2D eigenvalue weighted by atomic mass is 10.0. The highest BCUT2D eigenvalue weighted by atomic mass is 35.5. The monoisotopic (exact) mass is 345 g/mol. The molecule has 0 aromatic rings. The third-order valence-corrected chi connectivity index (χ3v) is 4.54. The van der Waals surface area contributed by atoms with Crippen LogP contribution in [0.2, 0.25) is 0 Å². The lowest BCUT2D eigenvalue weighted by Gasteiger charge is -2.09. The Morgan fingerprint density at radius 3 is 2.50 bits per heavy atom. The SMILES string of the molecule is CC/C=C(\CC)CC(CCCC)=NC(C)=N[C@H]1C(Cl)N1CCl. The quantitative estimate of drug-likeness (QED) is 0.134. The van der Waals surface area contributed by atoms with Crippen LogP contribution in [-0.4, -0.2) is 34.1 Å². The van der Waals surface area contributed by atoms with Gasteiger partial charge in [0.15, 0.2) is 0 Å². The second-order valence-electron chi connectivity index (χ2n) is 5.68. The fraction of sp³-hybridized carbons (Fsp3) is 0.765. The topological polar surface area (TPSA) is 27.7 Å². The van der Waals surface area contributed by atoms with E-state index in [0.29, 0.717) is 6.00 Å². The molecule has 0 N–H and O–H groups in total. The van der Waals surface area contributed by atoms with Gasteiger partial charge in [-0.05, 0) is 32.6 Å². The van der Waals surface area contributed by atoms with Crippen molar-refractivity contribution in [3.05, 3.63) is 11.6 Å². The highest BCUT2D eigenvalue weighted by molar-refractivity contribution is 6.24. The predicted octanol–water partition coefficient (Wildman–Crippen LogP) is 5.58. The molecule has 1 aliphatic rings. The van der Waals surface area contributed by atoms with Crippen molar-refractivity contribution in [2.24, 2.45) is 9.98 Å². The normalized spacial score (nSPS) is 26.5. The van der Waals surface area contributed by atoms with Crippen molar-refractivity contribution >= 4 is 34.7 Å². The minimum atomic E-state index is -0.0760. The maximum atomic E-state index is 6.11. The number of aliphatic imine (C=N–C) groups is 2. The van der Waals surface area contributed by atoms with Gasteiger partial charge in [-0.1, -0.05) is 38.8 Å². The third-order valence-electron chi connectivity index (χ3n) is 3.79. The Morgan fingerprint density at radius 1 is 1.27 bits per heavy atom. The van der Waals surface area contributed by atoms with Crippen LogP contribution in [0.4, 0.5) is 0 Å². The van der Waals surface area contributed by atoms with Crippen LogP contribution >= 0.6 is 23.2 Å². The summed E-state index contributed by atoms with van der Waals surface area (Å²) in [6.45, 7) is 8.55. The molecule has 126 valence electrons. The molecule has 0 aromatic heterocycles. The zero-order valence-electron chi connectivity index (χ0n) is 14.3. The molecule has 22 heavy (non-hydrogen) atoms. The summed E-state index contributed by atoms with van der Waals surface area (Å²) in [5, 5.41) is 0. The zero-order chi connectivity index (χ0) is 16.5. The van der Waals surface area contributed by atoms with Gasteiger partial charge in [-0.15, -0.1) is 23.2 Å². The van der Waals surface area contributed by atoms with Gasteiger partial charge >= 0.3 is 0 Å². The van der Waals surface area contributed by atoms with Gasteiger partial charge < -0.3 is 0 Å². The molecule has 1 saturated heterocycles. The van der Waals surface area contributed by atoms with E-state index in [1.54, 1.807) is 0 Å². The van der Waals surface area contributed by atoms with Crippen molar-refractivity contribution in [3.8, 4) is 0 Å². The number of unbranched alkanes of at least 4 members (excludes halogenated alkanes) is 1. The first-order chi connectivity index (χ1) is 10.6. The molecule has 0 spiro atoms. The largest absolute Gasteiger partial charge is 0.249 e. The molecule has 0 aliphatic carbocycles. The molecule has 0 aromatic carbocycles. The van der Waals surface area contributed by atoms with Gasteiger partial charge in [-0.2, -0.15) is 0 Å². The molecule has 1 aliphatic heterocycles. The highest BCUT2D eigenvalue weighted by Crippen LogP contribution is 2.33. The number of alkyl halides is 2. The second-order valence-corrected chi connectivity index (χ2v) is 6.37. The summed E-state index contributed by atoms with van der Waals surface area (Å²) in [5.41, 5.74) is 2.62. The predicted molar refractivity (Wildman–Crippen MR) is 99.3 cm³/mol. The third kappa shape index (κ3) is 6.39. The highest BCUT2D eigenvalue weighted by Gasteiger charge is 2.45. The lowest BCUT2D eigenvalue weighted by molar-refractivity contribution is 0.591. The number of amidine groups is 1. The minimum Gasteiger partial charge on any atom is -0.249 e. The Hall–Kier alpha value is -0.380. The smallest absolute Gasteiger partial charge is 0.136 e. The first-order valence-electron chi connectivity index (χ1n) is 8.31. The summed E-state index contributed by atoms with van der Waals surface area (Å²) >= 11 is 11.9. The van der Waals surface area contributed by atoms with Crippen LogP contribution in [0.3, 0.4) is 0 Å². The molecule has 0 amide bonds. The number of halogens is 2. The number of allylic oxidation sites excluding steroid dienone is 2. The van der Waals surface area contributed by atoms with Gasteiger partial charge in [0.2, 0.25) is 0 Å². The summed E-state index contributed by atoms with van der Waals surface area (Å²) in [7, 11) is 0. The maximum absolute atomic E-state index is 6.11. The van der Waals surface area contributed by atoms with Crippen LogP contribution in [0.5, 0.6) is 0 Å². The molecular weight excluding hydrogens is 317 g/mol. The van der Waals surface area contributed by atoms with E-state index in [0.717, 1.165) is 31.5 Å². The van der Waals surface area contributed by atoms with Crippen molar-refractivity contribution in [1.29, 1.82) is 0 Å². The van der Waals surface area contributed by atoms with E-state index in [9.17, 15) is 0 Å². The molecule has 1 heterocycles. The Kier molecular flexibility index (Phi) is 9.30. The van der Waals surface area contributed by atoms with E-state index in [1.807, 2.05) is 11.8 Å². The first kappa shape index (κ1) is 19.7. The second kappa shape index (κ2) is 10.4. The van der Waals surface area contributed by atoms with E-state index in [4.69, 9.17) is 28.2 Å². The molecule has 0 radical (unpaired) electrons. The van der Waals surface area contributed by atoms with E-state index in [1.165, 1.54) is 24.1 Å². The number of nitrogens with zero attached hydrogens (tertiary/aromatic N) is 3. The standard InChI is InChI=1S/C17H29Cl2N3/c1-5-8-10-15(11-14(7-3)9-6-2)20-13(4)21-17-16(19)22(17)12-18/h9,16-17H,5-8,10-12H2,1-4H3/b14-9+,20-15?,21-13?/t16?,17-,22?/m1/s1. The maximum Gasteiger partial charge on any atom is 0.136 e. The average Bonchev–Trinajstić information content (AvgIpc) is 3.12. The van der Waals surface area contributed by atoms with Crippen molar-refractivity contribution in [3.63, 3.8) is 0 Å². The molecule has 3 nitrogen and oxygen atoms in total. The van der Waals surface area contributed by atoms with E-state index in [-0.39, 0.29) is 11.7 Å². The van der Waals surface area contributed by atoms with Gasteiger partial charge in [0.25, 0.3) is 0 Å². The van der Waals surface area contributed by atoms with Crippen molar-refractivity contribution < 1.29 is 0 Å². The minimum absolute atomic E-state index is 0.00725. The summed E-state index contributed by atoms with van der Waals surface area (Å²) in [6.07, 6.45) is 8.83. The van der Waals surface area contributed by atoms with Crippen molar-refractivity contribution in [1.82, 2.24) is 4.90 Å². The van der Waals surface area contributed by atoms with Crippen LogP contribution < -0.4 is 0 Å². The van der Waals surface area contributed by atoms with E-state index in [2.05, 4.69) is 31.8 Å². The summed E-state index contributed by atoms with van der Waals surface area (Å²) in [6, 6.07) is 0.418. The lowest BCUT2D eigenvalue weighted by Crippen LogP contribution is -2.05. The van der Waals surface area contributed by atoms with Gasteiger partial charge in [0.05, 0.1) is 6.00 Å². The molecule has 0 saturated carbocycles. The van der Waals surface area contributed by atoms with Crippen LogP contribution in [0, 0.1) is 0 Å². The molecule has 5 heteroatoms. The number of hydrogen-bond donors (Lipinski definition) is 0. The van der Waals surface area contributed by atoms with Gasteiger partial charge in [0, 0.05) is 12.1 Å². The number of hydrogen-bond acceptors (Lipinski definition) is 2. The Bertz CT molecular complexity index is 430. The van der Waals surface area contributed by atoms with Crippen LogP contribution in [-0.2, 0) is 0 Å². The zero-order valence-corrected chi connectivity index (χ0v) is 15.8. The van der Waals surface area contributed by atoms with Crippen LogP contribution in [0.1, 0.15) is 66.2 Å². The Balaban J connectivity index is 2.77. The Morgan fingerprint density at radius 2 is 2.00 bits per heavy atom. The summed E-state index contributed by atoms with van der Waals surface area (Å²) in [4.78, 5) is 11.3. The van der Waals surface area contributed by atoms with Crippen LogP contribution in [0.15, 0.2) is 21.6 Å². The summed E-state index contributed by atoms with van der Waals surface area (Å²) < 4.78 is 0. The van der Waals surface area contributed by atoms with Crippen LogP contribution in [0.25, 0.3) is 0 Å². The van der Waals surface area contributed by atoms with Crippen molar-refractivity contribution in [2.45, 2.75) is 77.9 Å². The number of rotatable bonds is 9.